The Labute approximate surface area is 202 Å². The number of amides is 2. The van der Waals surface area contributed by atoms with E-state index in [0.29, 0.717) is 39.3 Å². The quantitative estimate of drug-likeness (QED) is 0.493. The van der Waals surface area contributed by atoms with Crippen LogP contribution < -0.4 is 15.5 Å². The number of carbonyl (C=O) groups excluding carboxylic acids is 2. The number of hydrogen-bond donors (Lipinski definition) is 2. The van der Waals surface area contributed by atoms with Crippen molar-refractivity contribution >= 4 is 46.4 Å². The van der Waals surface area contributed by atoms with Crippen LogP contribution in [0.15, 0.2) is 60.7 Å². The van der Waals surface area contributed by atoms with Gasteiger partial charge in [0.05, 0.1) is 10.6 Å². The highest BCUT2D eigenvalue weighted by atomic mass is 35.5. The van der Waals surface area contributed by atoms with Crippen molar-refractivity contribution in [3.8, 4) is 0 Å². The molecule has 5 nitrogen and oxygen atoms in total. The second-order valence-corrected chi connectivity index (χ2v) is 9.40. The third kappa shape index (κ3) is 4.12. The van der Waals surface area contributed by atoms with E-state index in [1.54, 1.807) is 36.4 Å². The fourth-order valence-electron chi connectivity index (χ4n) is 4.65. The van der Waals surface area contributed by atoms with Crippen LogP contribution in [-0.2, 0) is 0 Å². The van der Waals surface area contributed by atoms with Gasteiger partial charge in [-0.15, -0.1) is 0 Å². The molecule has 0 radical (unpaired) electrons. The van der Waals surface area contributed by atoms with Gasteiger partial charge in [0.2, 0.25) is 0 Å². The summed E-state index contributed by atoms with van der Waals surface area (Å²) in [5.41, 5.74) is 4.39. The molecular weight excluding hydrogens is 457 g/mol. The third-order valence-corrected chi connectivity index (χ3v) is 7.05. The molecule has 3 aromatic rings. The van der Waals surface area contributed by atoms with Crippen LogP contribution in [0.1, 0.15) is 44.3 Å². The molecule has 168 valence electrons. The largest absolute Gasteiger partial charge is 0.322 e. The van der Waals surface area contributed by atoms with Crippen LogP contribution >= 0.6 is 23.2 Å². The van der Waals surface area contributed by atoms with E-state index >= 15 is 0 Å². The SMILES string of the molecule is Cc1cc(NC(=O)c2ccccc2Cl)ccc1C(=O)N1CC[C@H]2CN[C@H]2c2cc(Cl)ccc21. The predicted octanol–water partition coefficient (Wildman–Crippen LogP) is 5.87. The lowest BCUT2D eigenvalue weighted by atomic mass is 9.84. The van der Waals surface area contributed by atoms with E-state index in [4.69, 9.17) is 23.2 Å². The minimum Gasteiger partial charge on any atom is -0.322 e. The molecule has 0 spiro atoms. The molecule has 2 aliphatic heterocycles. The summed E-state index contributed by atoms with van der Waals surface area (Å²) in [7, 11) is 0. The number of carbonyl (C=O) groups is 2. The zero-order chi connectivity index (χ0) is 23.1. The van der Waals surface area contributed by atoms with Crippen LogP contribution in [0.25, 0.3) is 0 Å². The zero-order valence-electron chi connectivity index (χ0n) is 18.1. The first-order chi connectivity index (χ1) is 15.9. The van der Waals surface area contributed by atoms with Crippen molar-refractivity contribution in [3.63, 3.8) is 0 Å². The van der Waals surface area contributed by atoms with Gasteiger partial charge in [-0.1, -0.05) is 35.3 Å². The van der Waals surface area contributed by atoms with Crippen molar-refractivity contribution in [2.45, 2.75) is 19.4 Å². The highest BCUT2D eigenvalue weighted by Gasteiger charge is 2.38. The molecule has 5 rings (SSSR count). The monoisotopic (exact) mass is 479 g/mol. The molecule has 1 fully saturated rings. The first-order valence-corrected chi connectivity index (χ1v) is 11.7. The summed E-state index contributed by atoms with van der Waals surface area (Å²) in [6.07, 6.45) is 0.931. The van der Waals surface area contributed by atoms with Crippen LogP contribution in [0.3, 0.4) is 0 Å². The summed E-state index contributed by atoms with van der Waals surface area (Å²) in [6.45, 7) is 3.49. The van der Waals surface area contributed by atoms with Crippen molar-refractivity contribution in [2.24, 2.45) is 5.92 Å². The van der Waals surface area contributed by atoms with E-state index in [1.807, 2.05) is 36.1 Å². The van der Waals surface area contributed by atoms with Crippen LogP contribution in [-0.4, -0.2) is 24.9 Å². The Morgan fingerprint density at radius 2 is 1.85 bits per heavy atom. The molecule has 2 N–H and O–H groups in total. The lowest BCUT2D eigenvalue weighted by Gasteiger charge is -2.37. The van der Waals surface area contributed by atoms with Crippen LogP contribution in [0.4, 0.5) is 11.4 Å². The molecule has 0 aliphatic carbocycles. The number of fused-ring (bicyclic) bond motifs is 3. The highest BCUT2D eigenvalue weighted by Crippen LogP contribution is 2.42. The molecule has 0 saturated carbocycles. The summed E-state index contributed by atoms with van der Waals surface area (Å²) >= 11 is 12.4. The molecule has 2 amide bonds. The number of benzene rings is 3. The number of halogens is 2. The maximum absolute atomic E-state index is 13.6. The number of rotatable bonds is 3. The number of nitrogens with one attached hydrogen (secondary N) is 2. The molecule has 3 aromatic carbocycles. The van der Waals surface area contributed by atoms with E-state index in [2.05, 4.69) is 10.6 Å². The maximum atomic E-state index is 13.6. The van der Waals surface area contributed by atoms with E-state index in [1.165, 1.54) is 0 Å². The zero-order valence-corrected chi connectivity index (χ0v) is 19.6. The molecule has 2 heterocycles. The smallest absolute Gasteiger partial charge is 0.258 e. The van der Waals surface area contributed by atoms with Gasteiger partial charge >= 0.3 is 0 Å². The average molecular weight is 480 g/mol. The number of nitrogens with zero attached hydrogens (tertiary/aromatic N) is 1. The molecule has 0 aromatic heterocycles. The van der Waals surface area contributed by atoms with Crippen molar-refractivity contribution < 1.29 is 9.59 Å². The lowest BCUT2D eigenvalue weighted by molar-refractivity contribution is 0.0983. The van der Waals surface area contributed by atoms with E-state index in [0.717, 1.165) is 29.8 Å². The van der Waals surface area contributed by atoms with Gasteiger partial charge in [0.15, 0.2) is 0 Å². The summed E-state index contributed by atoms with van der Waals surface area (Å²) in [6, 6.07) is 18.2. The van der Waals surface area contributed by atoms with Crippen LogP contribution in [0.5, 0.6) is 0 Å². The van der Waals surface area contributed by atoms with Gasteiger partial charge in [0, 0.05) is 41.1 Å². The fraction of sp³-hybridized carbons (Fsp3) is 0.231. The number of aryl methyl sites for hydroxylation is 1. The standard InChI is InChI=1S/C26H23Cl2N3O2/c1-15-12-18(30-25(32)20-4-2-3-5-22(20)28)7-8-19(15)26(33)31-11-10-16-14-29-24(16)21-13-17(27)6-9-23(21)31/h2-9,12-13,16,24,29H,10-11,14H2,1H3,(H,30,32)/t16-,24+/m0/s1. The van der Waals surface area contributed by atoms with Crippen LogP contribution in [0.2, 0.25) is 10.0 Å². The first kappa shape index (κ1) is 22.0. The molecule has 2 aliphatic rings. The second-order valence-electron chi connectivity index (χ2n) is 8.56. The fourth-order valence-corrected chi connectivity index (χ4v) is 5.05. The van der Waals surface area contributed by atoms with Crippen molar-refractivity contribution in [1.82, 2.24) is 5.32 Å². The van der Waals surface area contributed by atoms with Crippen molar-refractivity contribution in [3.05, 3.63) is 93.0 Å². The molecule has 0 unspecified atom stereocenters. The van der Waals surface area contributed by atoms with Gasteiger partial charge in [-0.05, 0) is 78.9 Å². The Kier molecular flexibility index (Phi) is 5.87. The Morgan fingerprint density at radius 1 is 1.03 bits per heavy atom. The van der Waals surface area contributed by atoms with Gasteiger partial charge in [0.25, 0.3) is 11.8 Å². The topological polar surface area (TPSA) is 61.4 Å². The molecule has 7 heteroatoms. The summed E-state index contributed by atoms with van der Waals surface area (Å²) in [5, 5.41) is 7.41. The summed E-state index contributed by atoms with van der Waals surface area (Å²) in [5.74, 6) is 0.158. The van der Waals surface area contributed by atoms with Crippen molar-refractivity contribution in [1.29, 1.82) is 0 Å². The number of hydrogen-bond acceptors (Lipinski definition) is 3. The van der Waals surface area contributed by atoms with Crippen LogP contribution in [0, 0.1) is 12.8 Å². The third-order valence-electron chi connectivity index (χ3n) is 6.49. The average Bonchev–Trinajstić information content (AvgIpc) is 2.86. The Bertz CT molecular complexity index is 1260. The van der Waals surface area contributed by atoms with Gasteiger partial charge in [-0.3, -0.25) is 9.59 Å². The predicted molar refractivity (Wildman–Crippen MR) is 133 cm³/mol. The Morgan fingerprint density at radius 3 is 2.58 bits per heavy atom. The van der Waals surface area contributed by atoms with E-state index in [-0.39, 0.29) is 17.9 Å². The van der Waals surface area contributed by atoms with Gasteiger partial charge in [-0.25, -0.2) is 0 Å². The molecule has 2 atom stereocenters. The van der Waals surface area contributed by atoms with E-state index < -0.39 is 0 Å². The minimum absolute atomic E-state index is 0.0543. The lowest BCUT2D eigenvalue weighted by Crippen LogP contribution is -2.45. The minimum atomic E-state index is -0.291. The normalized spacial score (nSPS) is 19.1. The molecule has 33 heavy (non-hydrogen) atoms. The highest BCUT2D eigenvalue weighted by molar-refractivity contribution is 6.34. The van der Waals surface area contributed by atoms with Gasteiger partial charge < -0.3 is 15.5 Å². The first-order valence-electron chi connectivity index (χ1n) is 10.9. The maximum Gasteiger partial charge on any atom is 0.258 e. The van der Waals surface area contributed by atoms with Gasteiger partial charge in [-0.2, -0.15) is 0 Å². The molecular formula is C26H23Cl2N3O2. The Balaban J connectivity index is 1.41. The second kappa shape index (κ2) is 8.82. The number of anilines is 2. The van der Waals surface area contributed by atoms with E-state index in [9.17, 15) is 9.59 Å². The summed E-state index contributed by atoms with van der Waals surface area (Å²) < 4.78 is 0. The van der Waals surface area contributed by atoms with Gasteiger partial charge in [0.1, 0.15) is 0 Å². The molecule has 0 bridgehead atoms. The Hall–Kier alpha value is -2.86. The van der Waals surface area contributed by atoms with Crippen molar-refractivity contribution in [2.75, 3.05) is 23.3 Å². The molecule has 1 saturated heterocycles. The summed E-state index contributed by atoms with van der Waals surface area (Å²) in [4.78, 5) is 28.1.